The largest absolute Gasteiger partial charge is 0.465 e. The first-order valence-electron chi connectivity index (χ1n) is 6.67. The summed E-state index contributed by atoms with van der Waals surface area (Å²) < 4.78 is 10.2. The van der Waals surface area contributed by atoms with E-state index in [2.05, 4.69) is 21.8 Å². The molecule has 1 aromatic rings. The maximum atomic E-state index is 11.8. The molecule has 0 radical (unpaired) electrons. The highest BCUT2D eigenvalue weighted by atomic mass is 35.5. The van der Waals surface area contributed by atoms with Gasteiger partial charge in [0.15, 0.2) is 5.15 Å². The maximum absolute atomic E-state index is 11.8. The quantitative estimate of drug-likeness (QED) is 0.363. The fraction of sp³-hybridized carbons (Fsp3) is 0.500. The van der Waals surface area contributed by atoms with Crippen LogP contribution in [0.2, 0.25) is 5.15 Å². The molecule has 2 heterocycles. The van der Waals surface area contributed by atoms with Crippen LogP contribution in [-0.2, 0) is 9.47 Å². The summed E-state index contributed by atoms with van der Waals surface area (Å²) in [5.74, 6) is 0.284. The SMILES string of the molecule is COC(=O)c1ccnc(Cl)c1/N=C(\C)N1CCOCC1C. The van der Waals surface area contributed by atoms with Gasteiger partial charge in [0.2, 0.25) is 0 Å². The molecule has 1 unspecified atom stereocenters. The summed E-state index contributed by atoms with van der Waals surface area (Å²) in [4.78, 5) is 22.4. The van der Waals surface area contributed by atoms with E-state index in [0.29, 0.717) is 24.5 Å². The molecule has 1 saturated heterocycles. The van der Waals surface area contributed by atoms with Crippen LogP contribution in [0.15, 0.2) is 17.3 Å². The molecule has 0 aliphatic carbocycles. The molecule has 1 atom stereocenters. The lowest BCUT2D eigenvalue weighted by molar-refractivity contribution is 0.0330. The lowest BCUT2D eigenvalue weighted by Crippen LogP contribution is -2.46. The minimum absolute atomic E-state index is 0.179. The van der Waals surface area contributed by atoms with E-state index in [1.165, 1.54) is 13.3 Å². The molecule has 6 nitrogen and oxygen atoms in total. The van der Waals surface area contributed by atoms with Crippen molar-refractivity contribution >= 4 is 29.1 Å². The van der Waals surface area contributed by atoms with Crippen LogP contribution in [0.4, 0.5) is 5.69 Å². The zero-order chi connectivity index (χ0) is 15.4. The summed E-state index contributed by atoms with van der Waals surface area (Å²) in [5, 5.41) is 0.179. The third-order valence-corrected chi connectivity index (χ3v) is 3.62. The summed E-state index contributed by atoms with van der Waals surface area (Å²) in [6.07, 6.45) is 1.46. The molecule has 0 spiro atoms. The Labute approximate surface area is 128 Å². The lowest BCUT2D eigenvalue weighted by Gasteiger charge is -2.34. The Hall–Kier alpha value is -1.66. The van der Waals surface area contributed by atoms with Crippen LogP contribution in [0.25, 0.3) is 0 Å². The Morgan fingerprint density at radius 2 is 2.38 bits per heavy atom. The monoisotopic (exact) mass is 311 g/mol. The maximum Gasteiger partial charge on any atom is 0.340 e. The van der Waals surface area contributed by atoms with Gasteiger partial charge in [-0.05, 0) is 19.9 Å². The highest BCUT2D eigenvalue weighted by Gasteiger charge is 2.21. The molecule has 1 fully saturated rings. The standard InChI is InChI=1S/C14H18ClN3O3/c1-9-8-21-7-6-18(9)10(2)17-12-11(14(19)20-3)4-5-16-13(12)15/h4-5,9H,6-8H2,1-3H3/b17-10+. The van der Waals surface area contributed by atoms with Gasteiger partial charge in [-0.1, -0.05) is 11.6 Å². The number of nitrogens with zero attached hydrogens (tertiary/aromatic N) is 3. The first kappa shape index (κ1) is 15.7. The Morgan fingerprint density at radius 3 is 3.05 bits per heavy atom. The normalized spacial score (nSPS) is 19.5. The predicted octanol–water partition coefficient (Wildman–Crippen LogP) is 2.29. The molecule has 114 valence electrons. The number of hydrogen-bond acceptors (Lipinski definition) is 5. The molecule has 0 aromatic carbocycles. The first-order valence-corrected chi connectivity index (χ1v) is 7.05. The number of amidine groups is 1. The van der Waals surface area contributed by atoms with Gasteiger partial charge in [0.1, 0.15) is 11.5 Å². The summed E-state index contributed by atoms with van der Waals surface area (Å²) in [6, 6.07) is 1.77. The summed E-state index contributed by atoms with van der Waals surface area (Å²) in [6.45, 7) is 6.00. The molecule has 1 aromatic heterocycles. The number of morpholine rings is 1. The van der Waals surface area contributed by atoms with Gasteiger partial charge in [-0.15, -0.1) is 0 Å². The number of pyridine rings is 1. The van der Waals surface area contributed by atoms with Crippen LogP contribution < -0.4 is 0 Å². The number of halogens is 1. The molecule has 0 amide bonds. The molecule has 2 rings (SSSR count). The van der Waals surface area contributed by atoms with Crippen molar-refractivity contribution in [3.8, 4) is 0 Å². The van der Waals surface area contributed by atoms with E-state index in [9.17, 15) is 4.79 Å². The average Bonchev–Trinajstić information content (AvgIpc) is 2.48. The van der Waals surface area contributed by atoms with E-state index in [-0.39, 0.29) is 11.2 Å². The van der Waals surface area contributed by atoms with Crippen LogP contribution in [0.3, 0.4) is 0 Å². The van der Waals surface area contributed by atoms with Gasteiger partial charge in [-0.3, -0.25) is 0 Å². The lowest BCUT2D eigenvalue weighted by atomic mass is 10.2. The number of ether oxygens (including phenoxy) is 2. The molecule has 7 heteroatoms. The second-order valence-corrected chi connectivity index (χ2v) is 5.12. The van der Waals surface area contributed by atoms with Gasteiger partial charge in [-0.2, -0.15) is 0 Å². The molecule has 1 aliphatic rings. The van der Waals surface area contributed by atoms with Crippen LogP contribution in [0, 0.1) is 0 Å². The van der Waals surface area contributed by atoms with E-state index in [1.807, 2.05) is 6.92 Å². The van der Waals surface area contributed by atoms with Gasteiger partial charge in [-0.25, -0.2) is 14.8 Å². The fourth-order valence-corrected chi connectivity index (χ4v) is 2.44. The van der Waals surface area contributed by atoms with Crippen molar-refractivity contribution in [2.75, 3.05) is 26.9 Å². The number of carbonyl (C=O) groups excluding carboxylic acids is 1. The zero-order valence-electron chi connectivity index (χ0n) is 12.3. The average molecular weight is 312 g/mol. The van der Waals surface area contributed by atoms with Crippen molar-refractivity contribution < 1.29 is 14.3 Å². The Kier molecular flexibility index (Phi) is 5.14. The molecular weight excluding hydrogens is 294 g/mol. The Bertz CT molecular complexity index is 562. The van der Waals surface area contributed by atoms with E-state index in [0.717, 1.165) is 12.4 Å². The molecule has 1 aliphatic heterocycles. The summed E-state index contributed by atoms with van der Waals surface area (Å²) in [7, 11) is 1.32. The van der Waals surface area contributed by atoms with Gasteiger partial charge in [0.25, 0.3) is 0 Å². The summed E-state index contributed by atoms with van der Waals surface area (Å²) >= 11 is 6.08. The van der Waals surface area contributed by atoms with Crippen molar-refractivity contribution in [2.24, 2.45) is 4.99 Å². The fourth-order valence-electron chi connectivity index (χ4n) is 2.24. The third kappa shape index (κ3) is 3.51. The van der Waals surface area contributed by atoms with Crippen LogP contribution >= 0.6 is 11.6 Å². The highest BCUT2D eigenvalue weighted by molar-refractivity contribution is 6.32. The molecule has 0 N–H and O–H groups in total. The Balaban J connectivity index is 2.37. The van der Waals surface area contributed by atoms with E-state index < -0.39 is 5.97 Å². The minimum Gasteiger partial charge on any atom is -0.465 e. The van der Waals surface area contributed by atoms with Gasteiger partial charge >= 0.3 is 5.97 Å². The van der Waals surface area contributed by atoms with Gasteiger partial charge < -0.3 is 14.4 Å². The number of carbonyl (C=O) groups is 1. The van der Waals surface area contributed by atoms with Crippen LogP contribution in [0.1, 0.15) is 24.2 Å². The van der Waals surface area contributed by atoms with Gasteiger partial charge in [0, 0.05) is 12.7 Å². The van der Waals surface area contributed by atoms with Crippen LogP contribution in [-0.4, -0.2) is 54.6 Å². The number of methoxy groups -OCH3 is 1. The van der Waals surface area contributed by atoms with Crippen molar-refractivity contribution in [1.29, 1.82) is 0 Å². The topological polar surface area (TPSA) is 64.0 Å². The van der Waals surface area contributed by atoms with E-state index in [1.54, 1.807) is 6.07 Å². The summed E-state index contributed by atoms with van der Waals surface area (Å²) in [5.41, 5.74) is 0.639. The van der Waals surface area contributed by atoms with Gasteiger partial charge in [0.05, 0.1) is 31.9 Å². The number of aliphatic imine (C=N–C) groups is 1. The van der Waals surface area contributed by atoms with E-state index in [4.69, 9.17) is 21.1 Å². The molecule has 0 bridgehead atoms. The zero-order valence-corrected chi connectivity index (χ0v) is 13.1. The smallest absolute Gasteiger partial charge is 0.340 e. The van der Waals surface area contributed by atoms with Crippen molar-refractivity contribution in [3.63, 3.8) is 0 Å². The number of esters is 1. The predicted molar refractivity (Wildman–Crippen MR) is 80.3 cm³/mol. The first-order chi connectivity index (χ1) is 10.0. The van der Waals surface area contributed by atoms with Crippen molar-refractivity contribution in [1.82, 2.24) is 9.88 Å². The highest BCUT2D eigenvalue weighted by Crippen LogP contribution is 2.28. The molecule has 21 heavy (non-hydrogen) atoms. The van der Waals surface area contributed by atoms with Crippen LogP contribution in [0.5, 0.6) is 0 Å². The third-order valence-electron chi connectivity index (χ3n) is 3.34. The number of hydrogen-bond donors (Lipinski definition) is 0. The molecular formula is C14H18ClN3O3. The number of rotatable bonds is 2. The second-order valence-electron chi connectivity index (χ2n) is 4.77. The minimum atomic E-state index is -0.485. The van der Waals surface area contributed by atoms with Crippen molar-refractivity contribution in [3.05, 3.63) is 23.0 Å². The molecule has 0 saturated carbocycles. The Morgan fingerprint density at radius 1 is 1.62 bits per heavy atom. The number of aromatic nitrogens is 1. The van der Waals surface area contributed by atoms with Crippen molar-refractivity contribution in [2.45, 2.75) is 19.9 Å². The second kappa shape index (κ2) is 6.87. The van der Waals surface area contributed by atoms with E-state index >= 15 is 0 Å².